The van der Waals surface area contributed by atoms with Crippen molar-refractivity contribution in [3.63, 3.8) is 0 Å². The number of aryl methyl sites for hydroxylation is 1. The largest absolute Gasteiger partial charge is 0.478 e. The van der Waals surface area contributed by atoms with E-state index >= 15 is 0 Å². The highest BCUT2D eigenvalue weighted by molar-refractivity contribution is 9.10. The summed E-state index contributed by atoms with van der Waals surface area (Å²) in [4.78, 5) is 25.7. The maximum atomic E-state index is 11.9. The van der Waals surface area contributed by atoms with Crippen LogP contribution in [0.4, 0.5) is 11.6 Å². The van der Waals surface area contributed by atoms with Gasteiger partial charge in [0.25, 0.3) is 0 Å². The molecule has 1 aromatic heterocycles. The third-order valence-corrected chi connectivity index (χ3v) is 7.19. The van der Waals surface area contributed by atoms with Crippen LogP contribution in [0.3, 0.4) is 0 Å². The van der Waals surface area contributed by atoms with E-state index in [4.69, 9.17) is 4.98 Å². The Balaban J connectivity index is 1.57. The second kappa shape index (κ2) is 11.5. The number of carboxylic acids is 1. The van der Waals surface area contributed by atoms with Crippen molar-refractivity contribution in [1.29, 1.82) is 0 Å². The smallest absolute Gasteiger partial charge is 0.339 e. The Morgan fingerprint density at radius 1 is 1.12 bits per heavy atom. The van der Waals surface area contributed by atoms with E-state index in [1.807, 2.05) is 24.3 Å². The Morgan fingerprint density at radius 2 is 1.88 bits per heavy atom. The van der Waals surface area contributed by atoms with Crippen LogP contribution in [0.2, 0.25) is 0 Å². The predicted molar refractivity (Wildman–Crippen MR) is 140 cm³/mol. The molecule has 1 aliphatic rings. The molecule has 2 heterocycles. The maximum Gasteiger partial charge on any atom is 0.339 e. The number of rotatable bonds is 8. The molecule has 1 N–H and O–H groups in total. The van der Waals surface area contributed by atoms with Gasteiger partial charge in [0.15, 0.2) is 0 Å². The highest BCUT2D eigenvalue weighted by atomic mass is 79.9. The zero-order valence-corrected chi connectivity index (χ0v) is 21.1. The molecule has 0 amide bonds. The summed E-state index contributed by atoms with van der Waals surface area (Å²) in [5, 5.41) is 9.75. The zero-order valence-electron chi connectivity index (χ0n) is 19.5. The van der Waals surface area contributed by atoms with E-state index < -0.39 is 5.97 Å². The quantitative estimate of drug-likeness (QED) is 0.383. The Morgan fingerprint density at radius 3 is 2.65 bits per heavy atom. The number of aromatic nitrogens is 2. The van der Waals surface area contributed by atoms with Crippen LogP contribution in [0.1, 0.15) is 59.8 Å². The zero-order chi connectivity index (χ0) is 23.9. The standard InChI is InChI=1S/C27H31BrN4O2/c1-31(20-11-4-2-5-12-20)17-10-15-24-22(26(33)34)19-29-27(30-24)32-18-9-3-6-16-25(32)21-13-7-8-14-23(21)28/h2,4-5,7-8,11-14,19,25H,3,6,9-10,15-18H2,1H3,(H,33,34)/t25-/m1/s1. The third-order valence-electron chi connectivity index (χ3n) is 6.46. The minimum Gasteiger partial charge on any atom is -0.478 e. The molecule has 0 saturated carbocycles. The highest BCUT2D eigenvalue weighted by Crippen LogP contribution is 2.36. The van der Waals surface area contributed by atoms with Gasteiger partial charge in [-0.15, -0.1) is 0 Å². The van der Waals surface area contributed by atoms with Crippen molar-refractivity contribution < 1.29 is 9.90 Å². The van der Waals surface area contributed by atoms with Gasteiger partial charge in [-0.2, -0.15) is 0 Å². The van der Waals surface area contributed by atoms with E-state index in [0.717, 1.165) is 48.9 Å². The van der Waals surface area contributed by atoms with Gasteiger partial charge in [-0.25, -0.2) is 14.8 Å². The van der Waals surface area contributed by atoms with Gasteiger partial charge in [0.05, 0.1) is 17.3 Å². The monoisotopic (exact) mass is 522 g/mol. The number of carboxylic acid groups (broad SMARTS) is 1. The molecule has 3 aromatic rings. The van der Waals surface area contributed by atoms with Gasteiger partial charge < -0.3 is 14.9 Å². The SMILES string of the molecule is CN(CCCc1nc(N2CCCCC[C@@H]2c2ccccc2Br)ncc1C(=O)O)c1ccccc1. The van der Waals surface area contributed by atoms with E-state index in [1.54, 1.807) is 0 Å². The molecule has 0 bridgehead atoms. The van der Waals surface area contributed by atoms with Gasteiger partial charge >= 0.3 is 5.97 Å². The van der Waals surface area contributed by atoms with Gasteiger partial charge in [-0.05, 0) is 49.4 Å². The Bertz CT molecular complexity index is 1110. The molecule has 1 atom stereocenters. The first kappa shape index (κ1) is 24.2. The van der Waals surface area contributed by atoms with Gasteiger partial charge in [-0.3, -0.25) is 0 Å². The predicted octanol–water partition coefficient (Wildman–Crippen LogP) is 6.13. The molecular weight excluding hydrogens is 492 g/mol. The van der Waals surface area contributed by atoms with E-state index in [9.17, 15) is 9.90 Å². The molecule has 0 radical (unpaired) electrons. The van der Waals surface area contributed by atoms with E-state index in [0.29, 0.717) is 18.1 Å². The number of hydrogen-bond donors (Lipinski definition) is 1. The lowest BCUT2D eigenvalue weighted by atomic mass is 10.0. The number of nitrogens with zero attached hydrogens (tertiary/aromatic N) is 4. The number of benzene rings is 2. The first-order valence-electron chi connectivity index (χ1n) is 11.9. The summed E-state index contributed by atoms with van der Waals surface area (Å²) in [6.45, 7) is 1.67. The molecule has 7 heteroatoms. The van der Waals surface area contributed by atoms with Crippen LogP contribution < -0.4 is 9.80 Å². The summed E-state index contributed by atoms with van der Waals surface area (Å²) in [6.07, 6.45) is 7.28. The summed E-state index contributed by atoms with van der Waals surface area (Å²) >= 11 is 3.72. The van der Waals surface area contributed by atoms with Gasteiger partial charge in [0.2, 0.25) is 5.95 Å². The number of para-hydroxylation sites is 1. The lowest BCUT2D eigenvalue weighted by molar-refractivity contribution is 0.0694. The maximum absolute atomic E-state index is 11.9. The molecule has 1 aliphatic heterocycles. The molecule has 6 nitrogen and oxygen atoms in total. The van der Waals surface area contributed by atoms with Crippen LogP contribution in [0.25, 0.3) is 0 Å². The lowest BCUT2D eigenvalue weighted by Crippen LogP contribution is -2.31. The highest BCUT2D eigenvalue weighted by Gasteiger charge is 2.27. The Labute approximate surface area is 209 Å². The van der Waals surface area contributed by atoms with E-state index in [1.165, 1.54) is 18.2 Å². The first-order chi connectivity index (χ1) is 16.5. The van der Waals surface area contributed by atoms with Crippen molar-refractivity contribution in [2.24, 2.45) is 0 Å². The summed E-state index contributed by atoms with van der Waals surface area (Å²) in [5.41, 5.74) is 3.17. The third kappa shape index (κ3) is 5.76. The van der Waals surface area contributed by atoms with Crippen molar-refractivity contribution in [3.8, 4) is 0 Å². The molecule has 2 aromatic carbocycles. The van der Waals surface area contributed by atoms with Gasteiger partial charge in [0.1, 0.15) is 0 Å². The summed E-state index contributed by atoms with van der Waals surface area (Å²) in [6, 6.07) is 18.7. The first-order valence-corrected chi connectivity index (χ1v) is 12.7. The van der Waals surface area contributed by atoms with E-state index in [2.05, 4.69) is 68.1 Å². The van der Waals surface area contributed by atoms with Crippen molar-refractivity contribution in [2.45, 2.75) is 44.6 Å². The van der Waals surface area contributed by atoms with Crippen LogP contribution in [0.5, 0.6) is 0 Å². The van der Waals surface area contributed by atoms with Crippen LogP contribution >= 0.6 is 15.9 Å². The molecule has 178 valence electrons. The van der Waals surface area contributed by atoms with Crippen LogP contribution in [0, 0.1) is 0 Å². The molecule has 0 unspecified atom stereocenters. The van der Waals surface area contributed by atoms with Crippen molar-refractivity contribution >= 4 is 33.5 Å². The average Bonchev–Trinajstić information content (AvgIpc) is 3.11. The minimum atomic E-state index is -0.976. The van der Waals surface area contributed by atoms with Crippen LogP contribution in [-0.4, -0.2) is 41.2 Å². The summed E-state index contributed by atoms with van der Waals surface area (Å²) in [7, 11) is 2.05. The van der Waals surface area contributed by atoms with Crippen molar-refractivity contribution in [3.05, 3.63) is 82.1 Å². The topological polar surface area (TPSA) is 69.6 Å². The Kier molecular flexibility index (Phi) is 8.16. The Hall–Kier alpha value is -2.93. The van der Waals surface area contributed by atoms with Gasteiger partial charge in [0, 0.05) is 36.5 Å². The van der Waals surface area contributed by atoms with Crippen molar-refractivity contribution in [1.82, 2.24) is 9.97 Å². The molecule has 0 aliphatic carbocycles. The normalized spacial score (nSPS) is 16.2. The second-order valence-corrected chi connectivity index (χ2v) is 9.63. The number of aromatic carboxylic acids is 1. The average molecular weight is 523 g/mol. The fourth-order valence-electron chi connectivity index (χ4n) is 4.63. The number of halogens is 1. The van der Waals surface area contributed by atoms with Crippen LogP contribution in [0.15, 0.2) is 65.3 Å². The fourth-order valence-corrected chi connectivity index (χ4v) is 5.17. The molecule has 1 saturated heterocycles. The summed E-state index contributed by atoms with van der Waals surface area (Å²) < 4.78 is 1.08. The molecule has 1 fully saturated rings. The van der Waals surface area contributed by atoms with E-state index in [-0.39, 0.29) is 11.6 Å². The molecule has 34 heavy (non-hydrogen) atoms. The lowest BCUT2D eigenvalue weighted by Gasteiger charge is -2.31. The summed E-state index contributed by atoms with van der Waals surface area (Å²) in [5.74, 6) is -0.352. The molecule has 0 spiro atoms. The minimum absolute atomic E-state index is 0.158. The number of carbonyl (C=O) groups is 1. The number of hydrogen-bond acceptors (Lipinski definition) is 5. The van der Waals surface area contributed by atoms with Crippen molar-refractivity contribution in [2.75, 3.05) is 29.9 Å². The molecule has 4 rings (SSSR count). The second-order valence-electron chi connectivity index (χ2n) is 8.78. The van der Waals surface area contributed by atoms with Gasteiger partial charge in [-0.1, -0.05) is 65.2 Å². The number of anilines is 2. The molecular formula is C27H31BrN4O2. The van der Waals surface area contributed by atoms with Crippen LogP contribution in [-0.2, 0) is 6.42 Å². The fraction of sp³-hybridized carbons (Fsp3) is 0.370.